The molecule has 0 fully saturated rings. The molecule has 0 aliphatic carbocycles. The number of anilines is 2. The van der Waals surface area contributed by atoms with Crippen LogP contribution in [0.3, 0.4) is 0 Å². The van der Waals surface area contributed by atoms with Gasteiger partial charge in [-0.15, -0.1) is 0 Å². The summed E-state index contributed by atoms with van der Waals surface area (Å²) in [7, 11) is 0. The van der Waals surface area contributed by atoms with E-state index in [9.17, 15) is 9.59 Å². The van der Waals surface area contributed by atoms with E-state index < -0.39 is 0 Å². The predicted octanol–water partition coefficient (Wildman–Crippen LogP) is 4.27. The van der Waals surface area contributed by atoms with Gasteiger partial charge in [0.2, 0.25) is 0 Å². The highest BCUT2D eigenvalue weighted by molar-refractivity contribution is 5.96. The van der Waals surface area contributed by atoms with Crippen molar-refractivity contribution in [2.24, 2.45) is 0 Å². The summed E-state index contributed by atoms with van der Waals surface area (Å²) in [4.78, 5) is 28.1. The van der Waals surface area contributed by atoms with E-state index in [1.165, 1.54) is 13.1 Å². The first-order valence-corrected chi connectivity index (χ1v) is 8.68. The molecule has 0 bridgehead atoms. The van der Waals surface area contributed by atoms with Crippen LogP contribution in [0.1, 0.15) is 38.8 Å². The largest absolute Gasteiger partial charge is 0.354 e. The molecule has 3 rings (SSSR count). The fourth-order valence-corrected chi connectivity index (χ4v) is 2.72. The third-order valence-corrected chi connectivity index (χ3v) is 4.09. The van der Waals surface area contributed by atoms with Crippen molar-refractivity contribution in [1.29, 1.82) is 0 Å². The second-order valence-electron chi connectivity index (χ2n) is 6.40. The molecule has 1 amide bonds. The van der Waals surface area contributed by atoms with Crippen LogP contribution in [-0.2, 0) is 6.54 Å². The number of pyridine rings is 1. The topological polar surface area (TPSA) is 71.1 Å². The van der Waals surface area contributed by atoms with Gasteiger partial charge in [-0.2, -0.15) is 0 Å². The van der Waals surface area contributed by atoms with Gasteiger partial charge in [0, 0.05) is 24.0 Å². The van der Waals surface area contributed by atoms with Crippen molar-refractivity contribution >= 4 is 23.1 Å². The van der Waals surface area contributed by atoms with E-state index in [1.54, 1.807) is 24.4 Å². The van der Waals surface area contributed by atoms with Crippen molar-refractivity contribution in [3.63, 3.8) is 0 Å². The molecule has 2 N–H and O–H groups in total. The van der Waals surface area contributed by atoms with E-state index >= 15 is 0 Å². The molecule has 0 aliphatic rings. The zero-order chi connectivity index (χ0) is 19.2. The quantitative estimate of drug-likeness (QED) is 0.645. The summed E-state index contributed by atoms with van der Waals surface area (Å²) in [6, 6.07) is 16.9. The monoisotopic (exact) mass is 359 g/mol. The summed E-state index contributed by atoms with van der Waals surface area (Å²) in [5, 5.41) is 6.09. The average molecular weight is 359 g/mol. The number of ketones is 1. The van der Waals surface area contributed by atoms with Gasteiger partial charge in [0.1, 0.15) is 0 Å². The first-order valence-electron chi connectivity index (χ1n) is 8.68. The first-order chi connectivity index (χ1) is 13.0. The zero-order valence-electron chi connectivity index (χ0n) is 15.3. The minimum atomic E-state index is -0.190. The molecule has 0 saturated carbocycles. The molecule has 0 saturated heterocycles. The predicted molar refractivity (Wildman–Crippen MR) is 106 cm³/mol. The van der Waals surface area contributed by atoms with Crippen molar-refractivity contribution in [2.75, 3.05) is 5.32 Å². The number of benzene rings is 2. The van der Waals surface area contributed by atoms with Crippen LogP contribution in [0.4, 0.5) is 11.4 Å². The Balaban J connectivity index is 1.68. The number of nitrogens with zero attached hydrogens (tertiary/aromatic N) is 1. The lowest BCUT2D eigenvalue weighted by molar-refractivity contribution is 0.0949. The zero-order valence-corrected chi connectivity index (χ0v) is 15.3. The summed E-state index contributed by atoms with van der Waals surface area (Å²) in [6.07, 6.45) is 3.17. The third-order valence-electron chi connectivity index (χ3n) is 4.09. The third kappa shape index (κ3) is 5.01. The maximum atomic E-state index is 12.4. The molecule has 2 aromatic carbocycles. The van der Waals surface area contributed by atoms with Crippen LogP contribution >= 0.6 is 0 Å². The fourth-order valence-electron chi connectivity index (χ4n) is 2.72. The van der Waals surface area contributed by atoms with E-state index in [0.717, 1.165) is 16.8 Å². The van der Waals surface area contributed by atoms with Gasteiger partial charge in [-0.05, 0) is 37.6 Å². The number of amides is 1. The van der Waals surface area contributed by atoms with E-state index in [-0.39, 0.29) is 11.7 Å². The Kier molecular flexibility index (Phi) is 5.61. The van der Waals surface area contributed by atoms with Crippen LogP contribution in [0.2, 0.25) is 0 Å². The smallest absolute Gasteiger partial charge is 0.253 e. The maximum absolute atomic E-state index is 12.4. The van der Waals surface area contributed by atoms with Gasteiger partial charge in [-0.3, -0.25) is 14.6 Å². The van der Waals surface area contributed by atoms with Crippen LogP contribution in [0.15, 0.2) is 67.0 Å². The molecular formula is C22H21N3O2. The number of hydrogen-bond donors (Lipinski definition) is 2. The molecule has 0 atom stereocenters. The second-order valence-corrected chi connectivity index (χ2v) is 6.40. The summed E-state index contributed by atoms with van der Waals surface area (Å²) in [5.74, 6) is -0.189. The Bertz CT molecular complexity index is 983. The number of Topliss-reactive ketones (excluding diaryl/α,β-unsaturated/α-hetero) is 1. The highest BCUT2D eigenvalue weighted by Crippen LogP contribution is 2.18. The summed E-state index contributed by atoms with van der Waals surface area (Å²) in [5.41, 5.74) is 4.74. The van der Waals surface area contributed by atoms with Crippen LogP contribution in [0.25, 0.3) is 0 Å². The van der Waals surface area contributed by atoms with Crippen molar-refractivity contribution in [1.82, 2.24) is 10.3 Å². The van der Waals surface area contributed by atoms with Gasteiger partial charge < -0.3 is 10.6 Å². The molecule has 3 aromatic rings. The molecule has 0 spiro atoms. The molecule has 5 nitrogen and oxygen atoms in total. The van der Waals surface area contributed by atoms with Crippen LogP contribution < -0.4 is 10.6 Å². The molecule has 1 heterocycles. The minimum absolute atomic E-state index is 0.000974. The molecule has 1 aromatic heterocycles. The Morgan fingerprint density at radius 2 is 1.70 bits per heavy atom. The van der Waals surface area contributed by atoms with Gasteiger partial charge in [-0.1, -0.05) is 42.0 Å². The van der Waals surface area contributed by atoms with Crippen LogP contribution in [0, 0.1) is 6.92 Å². The van der Waals surface area contributed by atoms with Crippen LogP contribution in [-0.4, -0.2) is 16.7 Å². The van der Waals surface area contributed by atoms with E-state index in [2.05, 4.69) is 15.6 Å². The van der Waals surface area contributed by atoms with Crippen molar-refractivity contribution in [2.45, 2.75) is 20.4 Å². The molecular weight excluding hydrogens is 338 g/mol. The van der Waals surface area contributed by atoms with E-state index in [4.69, 9.17) is 0 Å². The number of hydrogen-bond acceptors (Lipinski definition) is 4. The molecule has 5 heteroatoms. The molecule has 0 aliphatic heterocycles. The normalized spacial score (nSPS) is 10.3. The summed E-state index contributed by atoms with van der Waals surface area (Å²) in [6.45, 7) is 4.00. The SMILES string of the molecule is CC(=O)c1cccc(Nc2cncc(C(=O)NCc3cccc(C)c3)c2)c1. The summed E-state index contributed by atoms with van der Waals surface area (Å²) < 4.78 is 0. The number of carbonyl (C=O) groups is 2. The lowest BCUT2D eigenvalue weighted by Gasteiger charge is -2.10. The first kappa shape index (κ1) is 18.3. The number of carbonyl (C=O) groups excluding carboxylic acids is 2. The van der Waals surface area contributed by atoms with E-state index in [1.807, 2.05) is 43.3 Å². The van der Waals surface area contributed by atoms with Crippen molar-refractivity contribution < 1.29 is 9.59 Å². The van der Waals surface area contributed by atoms with Gasteiger partial charge in [0.15, 0.2) is 5.78 Å². The standard InChI is InChI=1S/C22H21N3O2/c1-15-5-3-6-17(9-15)12-24-22(27)19-11-21(14-23-13-19)25-20-8-4-7-18(10-20)16(2)26/h3-11,13-14,25H,12H2,1-2H3,(H,24,27). The average Bonchev–Trinajstić information content (AvgIpc) is 2.66. The molecule has 27 heavy (non-hydrogen) atoms. The highest BCUT2D eigenvalue weighted by atomic mass is 16.1. The fraction of sp³-hybridized carbons (Fsp3) is 0.136. The Labute approximate surface area is 158 Å². The van der Waals surface area contributed by atoms with Crippen molar-refractivity contribution in [3.8, 4) is 0 Å². The number of aromatic nitrogens is 1. The van der Waals surface area contributed by atoms with Crippen LogP contribution in [0.5, 0.6) is 0 Å². The lowest BCUT2D eigenvalue weighted by Crippen LogP contribution is -2.23. The molecule has 136 valence electrons. The minimum Gasteiger partial charge on any atom is -0.354 e. The Morgan fingerprint density at radius 3 is 2.48 bits per heavy atom. The summed E-state index contributed by atoms with van der Waals surface area (Å²) >= 11 is 0. The van der Waals surface area contributed by atoms with Gasteiger partial charge in [0.25, 0.3) is 5.91 Å². The lowest BCUT2D eigenvalue weighted by atomic mass is 10.1. The highest BCUT2D eigenvalue weighted by Gasteiger charge is 2.08. The Morgan fingerprint density at radius 1 is 0.926 bits per heavy atom. The molecule has 0 radical (unpaired) electrons. The van der Waals surface area contributed by atoms with Gasteiger partial charge in [-0.25, -0.2) is 0 Å². The molecule has 0 unspecified atom stereocenters. The second kappa shape index (κ2) is 8.27. The van der Waals surface area contributed by atoms with Gasteiger partial charge >= 0.3 is 0 Å². The number of nitrogens with one attached hydrogen (secondary N) is 2. The maximum Gasteiger partial charge on any atom is 0.253 e. The van der Waals surface area contributed by atoms with E-state index in [0.29, 0.717) is 23.4 Å². The van der Waals surface area contributed by atoms with Crippen molar-refractivity contribution in [3.05, 3.63) is 89.2 Å². The number of rotatable bonds is 6. The Hall–Kier alpha value is -3.47. The number of aryl methyl sites for hydroxylation is 1. The van der Waals surface area contributed by atoms with Gasteiger partial charge in [0.05, 0.1) is 17.4 Å².